The Bertz CT molecular complexity index is 856. The first-order valence-electron chi connectivity index (χ1n) is 10.5. The van der Waals surface area contributed by atoms with Gasteiger partial charge in [0, 0.05) is 44.1 Å². The van der Waals surface area contributed by atoms with Gasteiger partial charge in [-0.05, 0) is 37.0 Å². The van der Waals surface area contributed by atoms with Gasteiger partial charge in [0.25, 0.3) is 5.91 Å². The molecular weight excluding hydrogens is 384 g/mol. The van der Waals surface area contributed by atoms with Gasteiger partial charge < -0.3 is 19.5 Å². The number of anilines is 1. The summed E-state index contributed by atoms with van der Waals surface area (Å²) >= 11 is 0. The number of carbonyl (C=O) groups is 2. The van der Waals surface area contributed by atoms with E-state index in [-0.39, 0.29) is 17.9 Å². The second kappa shape index (κ2) is 10.3. The van der Waals surface area contributed by atoms with E-state index in [2.05, 4.69) is 29.3 Å². The standard InChI is InChI=1S/C22H30N4O4/c1-15(2)13-21-24-20(25-30-21)9-12-29-19-7-10-26(11-8-19)22(28)17-5-4-6-18(14-17)23-16(3)27/h4-6,14-15,19H,7-13H2,1-3H3,(H,23,27). The summed E-state index contributed by atoms with van der Waals surface area (Å²) in [6.45, 7) is 7.51. The molecule has 1 aliphatic heterocycles. The molecule has 1 fully saturated rings. The van der Waals surface area contributed by atoms with Crippen LogP contribution < -0.4 is 5.32 Å². The molecular formula is C22H30N4O4. The third kappa shape index (κ3) is 6.38. The maximum Gasteiger partial charge on any atom is 0.253 e. The molecule has 3 rings (SSSR count). The van der Waals surface area contributed by atoms with Crippen molar-refractivity contribution in [2.75, 3.05) is 25.0 Å². The summed E-state index contributed by atoms with van der Waals surface area (Å²) in [4.78, 5) is 30.2. The predicted molar refractivity (Wildman–Crippen MR) is 112 cm³/mol. The lowest BCUT2D eigenvalue weighted by atomic mass is 10.1. The summed E-state index contributed by atoms with van der Waals surface area (Å²) in [5.74, 6) is 1.65. The number of likely N-dealkylation sites (tertiary alicyclic amines) is 1. The maximum atomic E-state index is 12.8. The Morgan fingerprint density at radius 3 is 2.77 bits per heavy atom. The molecule has 0 spiro atoms. The average molecular weight is 415 g/mol. The van der Waals surface area contributed by atoms with Gasteiger partial charge in [0.15, 0.2) is 5.82 Å². The Morgan fingerprint density at radius 2 is 2.07 bits per heavy atom. The van der Waals surface area contributed by atoms with Crippen LogP contribution in [0, 0.1) is 5.92 Å². The number of hydrogen-bond acceptors (Lipinski definition) is 6. The van der Waals surface area contributed by atoms with Crippen molar-refractivity contribution in [3.05, 3.63) is 41.5 Å². The van der Waals surface area contributed by atoms with Crippen LogP contribution in [0.3, 0.4) is 0 Å². The first kappa shape index (κ1) is 22.0. The van der Waals surface area contributed by atoms with Crippen molar-refractivity contribution < 1.29 is 18.8 Å². The SMILES string of the molecule is CC(=O)Nc1cccc(C(=O)N2CCC(OCCc3noc(CC(C)C)n3)CC2)c1. The number of hydrogen-bond donors (Lipinski definition) is 1. The third-order valence-electron chi connectivity index (χ3n) is 4.93. The molecule has 30 heavy (non-hydrogen) atoms. The molecule has 0 bridgehead atoms. The number of ether oxygens (including phenoxy) is 1. The van der Waals surface area contributed by atoms with E-state index in [9.17, 15) is 9.59 Å². The normalized spacial score (nSPS) is 14.9. The Balaban J connectivity index is 1.42. The van der Waals surface area contributed by atoms with Gasteiger partial charge in [-0.2, -0.15) is 4.98 Å². The predicted octanol–water partition coefficient (Wildman–Crippen LogP) is 3.09. The average Bonchev–Trinajstić information content (AvgIpc) is 3.14. The van der Waals surface area contributed by atoms with Crippen LogP contribution in [-0.4, -0.2) is 52.7 Å². The molecule has 2 amide bonds. The molecule has 1 aromatic heterocycles. The molecule has 0 unspecified atom stereocenters. The zero-order valence-corrected chi connectivity index (χ0v) is 17.9. The van der Waals surface area contributed by atoms with Crippen molar-refractivity contribution in [1.29, 1.82) is 0 Å². The van der Waals surface area contributed by atoms with Crippen LogP contribution in [0.1, 0.15) is 55.7 Å². The number of nitrogens with one attached hydrogen (secondary N) is 1. The molecule has 0 atom stereocenters. The summed E-state index contributed by atoms with van der Waals surface area (Å²) in [5, 5.41) is 6.71. The van der Waals surface area contributed by atoms with E-state index in [1.165, 1.54) is 6.92 Å². The zero-order valence-electron chi connectivity index (χ0n) is 17.9. The summed E-state index contributed by atoms with van der Waals surface area (Å²) in [6, 6.07) is 7.03. The van der Waals surface area contributed by atoms with Crippen molar-refractivity contribution in [2.45, 2.75) is 52.6 Å². The van der Waals surface area contributed by atoms with Crippen molar-refractivity contribution >= 4 is 17.5 Å². The van der Waals surface area contributed by atoms with Crippen LogP contribution in [0.5, 0.6) is 0 Å². The third-order valence-corrected chi connectivity index (χ3v) is 4.93. The fourth-order valence-corrected chi connectivity index (χ4v) is 3.48. The monoisotopic (exact) mass is 414 g/mol. The van der Waals surface area contributed by atoms with E-state index in [0.717, 1.165) is 19.3 Å². The summed E-state index contributed by atoms with van der Waals surface area (Å²) in [7, 11) is 0. The first-order chi connectivity index (χ1) is 14.4. The van der Waals surface area contributed by atoms with E-state index < -0.39 is 0 Å². The molecule has 8 nitrogen and oxygen atoms in total. The minimum absolute atomic E-state index is 0.0230. The lowest BCUT2D eigenvalue weighted by Crippen LogP contribution is -2.41. The van der Waals surface area contributed by atoms with Crippen molar-refractivity contribution in [1.82, 2.24) is 15.0 Å². The van der Waals surface area contributed by atoms with Crippen LogP contribution in [0.15, 0.2) is 28.8 Å². The molecule has 1 saturated heterocycles. The van der Waals surface area contributed by atoms with Gasteiger partial charge in [0.1, 0.15) is 0 Å². The highest BCUT2D eigenvalue weighted by molar-refractivity contribution is 5.96. The minimum Gasteiger partial charge on any atom is -0.378 e. The molecule has 2 heterocycles. The number of carbonyl (C=O) groups excluding carboxylic acids is 2. The fourth-order valence-electron chi connectivity index (χ4n) is 3.48. The topological polar surface area (TPSA) is 97.6 Å². The van der Waals surface area contributed by atoms with Gasteiger partial charge >= 0.3 is 0 Å². The Morgan fingerprint density at radius 1 is 1.30 bits per heavy atom. The number of nitrogens with zero attached hydrogens (tertiary/aromatic N) is 3. The molecule has 162 valence electrons. The van der Waals surface area contributed by atoms with E-state index in [1.807, 2.05) is 4.90 Å². The first-order valence-corrected chi connectivity index (χ1v) is 10.5. The van der Waals surface area contributed by atoms with Crippen molar-refractivity contribution in [3.63, 3.8) is 0 Å². The Hall–Kier alpha value is -2.74. The number of benzene rings is 1. The van der Waals surface area contributed by atoms with Crippen LogP contribution in [0.2, 0.25) is 0 Å². The molecule has 1 N–H and O–H groups in total. The maximum absolute atomic E-state index is 12.8. The summed E-state index contributed by atoms with van der Waals surface area (Å²) in [5.41, 5.74) is 1.21. The van der Waals surface area contributed by atoms with Crippen molar-refractivity contribution in [2.24, 2.45) is 5.92 Å². The molecule has 0 aliphatic carbocycles. The van der Waals surface area contributed by atoms with E-state index in [0.29, 0.717) is 55.0 Å². The second-order valence-electron chi connectivity index (χ2n) is 8.08. The highest BCUT2D eigenvalue weighted by Crippen LogP contribution is 2.18. The Kier molecular flexibility index (Phi) is 7.57. The quantitative estimate of drug-likeness (QED) is 0.713. The summed E-state index contributed by atoms with van der Waals surface area (Å²) in [6.07, 6.45) is 3.12. The van der Waals surface area contributed by atoms with Gasteiger partial charge in [0.2, 0.25) is 11.8 Å². The van der Waals surface area contributed by atoms with Crippen LogP contribution in [-0.2, 0) is 22.4 Å². The molecule has 0 radical (unpaired) electrons. The van der Waals surface area contributed by atoms with Crippen LogP contribution in [0.25, 0.3) is 0 Å². The lowest BCUT2D eigenvalue weighted by Gasteiger charge is -2.32. The lowest BCUT2D eigenvalue weighted by molar-refractivity contribution is -0.114. The minimum atomic E-state index is -0.158. The smallest absolute Gasteiger partial charge is 0.253 e. The van der Waals surface area contributed by atoms with E-state index in [4.69, 9.17) is 9.26 Å². The van der Waals surface area contributed by atoms with Crippen molar-refractivity contribution in [3.8, 4) is 0 Å². The molecule has 2 aromatic rings. The molecule has 0 saturated carbocycles. The zero-order chi connectivity index (χ0) is 21.5. The van der Waals surface area contributed by atoms with Crippen LogP contribution >= 0.6 is 0 Å². The number of piperidine rings is 1. The van der Waals surface area contributed by atoms with E-state index >= 15 is 0 Å². The fraction of sp³-hybridized carbons (Fsp3) is 0.545. The van der Waals surface area contributed by atoms with Gasteiger partial charge in [-0.3, -0.25) is 9.59 Å². The Labute approximate surface area is 177 Å². The van der Waals surface area contributed by atoms with Gasteiger partial charge in [-0.15, -0.1) is 0 Å². The number of rotatable bonds is 8. The number of aromatic nitrogens is 2. The second-order valence-corrected chi connectivity index (χ2v) is 8.08. The largest absolute Gasteiger partial charge is 0.378 e. The highest BCUT2D eigenvalue weighted by Gasteiger charge is 2.24. The highest BCUT2D eigenvalue weighted by atomic mass is 16.5. The summed E-state index contributed by atoms with van der Waals surface area (Å²) < 4.78 is 11.2. The molecule has 8 heteroatoms. The van der Waals surface area contributed by atoms with Gasteiger partial charge in [0.05, 0.1) is 12.7 Å². The van der Waals surface area contributed by atoms with Gasteiger partial charge in [-0.1, -0.05) is 25.1 Å². The molecule has 1 aromatic carbocycles. The van der Waals surface area contributed by atoms with Gasteiger partial charge in [-0.25, -0.2) is 0 Å². The number of amides is 2. The molecule has 1 aliphatic rings. The van der Waals surface area contributed by atoms with E-state index in [1.54, 1.807) is 24.3 Å². The van der Waals surface area contributed by atoms with Crippen LogP contribution in [0.4, 0.5) is 5.69 Å².